The predicted octanol–water partition coefficient (Wildman–Crippen LogP) is 3.29. The number of aromatic nitrogens is 4. The molecule has 4 aromatic rings. The SMILES string of the molecule is COc1ccc(-c2[nH][nH]c3c2c(C)nc2ncc(C#N)c23)cc1. The summed E-state index contributed by atoms with van der Waals surface area (Å²) in [6.07, 6.45) is 1.56. The van der Waals surface area contributed by atoms with Gasteiger partial charge < -0.3 is 4.74 Å². The Morgan fingerprint density at radius 1 is 1.13 bits per heavy atom. The second-order valence-electron chi connectivity index (χ2n) is 5.28. The molecule has 23 heavy (non-hydrogen) atoms. The molecule has 3 heterocycles. The fourth-order valence-electron chi connectivity index (χ4n) is 2.90. The minimum atomic E-state index is 0.522. The van der Waals surface area contributed by atoms with E-state index < -0.39 is 0 Å². The van der Waals surface area contributed by atoms with Crippen LogP contribution in [0.5, 0.6) is 5.75 Å². The summed E-state index contributed by atoms with van der Waals surface area (Å²) in [4.78, 5) is 8.76. The van der Waals surface area contributed by atoms with Crippen LogP contribution in [0, 0.1) is 18.3 Å². The molecular weight excluding hydrogens is 290 g/mol. The molecule has 0 saturated carbocycles. The molecule has 0 saturated heterocycles. The Labute approximate surface area is 131 Å². The fourth-order valence-corrected chi connectivity index (χ4v) is 2.90. The zero-order valence-corrected chi connectivity index (χ0v) is 12.6. The molecule has 3 aromatic heterocycles. The van der Waals surface area contributed by atoms with Crippen LogP contribution in [0.1, 0.15) is 11.3 Å². The van der Waals surface area contributed by atoms with Crippen molar-refractivity contribution >= 4 is 21.9 Å². The van der Waals surface area contributed by atoms with Crippen LogP contribution in [0.25, 0.3) is 33.2 Å². The van der Waals surface area contributed by atoms with Crippen LogP contribution in [-0.4, -0.2) is 27.3 Å². The number of aromatic amines is 2. The Morgan fingerprint density at radius 3 is 2.61 bits per heavy atom. The Hall–Kier alpha value is -3.33. The maximum absolute atomic E-state index is 9.28. The van der Waals surface area contributed by atoms with Gasteiger partial charge in [0.25, 0.3) is 0 Å². The van der Waals surface area contributed by atoms with Crippen molar-refractivity contribution in [3.05, 3.63) is 41.7 Å². The van der Waals surface area contributed by atoms with Crippen LogP contribution >= 0.6 is 0 Å². The van der Waals surface area contributed by atoms with Gasteiger partial charge in [-0.15, -0.1) is 0 Å². The van der Waals surface area contributed by atoms with E-state index in [1.807, 2.05) is 31.2 Å². The molecule has 0 amide bonds. The molecule has 0 radical (unpaired) electrons. The van der Waals surface area contributed by atoms with E-state index in [-0.39, 0.29) is 0 Å². The summed E-state index contributed by atoms with van der Waals surface area (Å²) in [5.41, 5.74) is 4.77. The first-order chi connectivity index (χ1) is 11.2. The molecule has 2 N–H and O–H groups in total. The zero-order valence-electron chi connectivity index (χ0n) is 12.6. The Kier molecular flexibility index (Phi) is 2.81. The summed E-state index contributed by atoms with van der Waals surface area (Å²) in [5, 5.41) is 17.4. The summed E-state index contributed by atoms with van der Waals surface area (Å²) in [6, 6.07) is 9.96. The third kappa shape index (κ3) is 1.87. The highest BCUT2D eigenvalue weighted by Gasteiger charge is 2.17. The van der Waals surface area contributed by atoms with Crippen LogP contribution in [0.3, 0.4) is 0 Å². The average molecular weight is 303 g/mol. The molecule has 0 atom stereocenters. The molecule has 6 nitrogen and oxygen atoms in total. The lowest BCUT2D eigenvalue weighted by atomic mass is 10.0. The lowest BCUT2D eigenvalue weighted by Gasteiger charge is -2.04. The molecule has 0 aliphatic rings. The van der Waals surface area contributed by atoms with E-state index in [9.17, 15) is 5.26 Å². The third-order valence-electron chi connectivity index (χ3n) is 4.01. The molecule has 0 aliphatic carbocycles. The minimum Gasteiger partial charge on any atom is -0.497 e. The minimum absolute atomic E-state index is 0.522. The van der Waals surface area contributed by atoms with E-state index in [2.05, 4.69) is 26.2 Å². The number of H-pyrrole nitrogens is 2. The van der Waals surface area contributed by atoms with E-state index in [0.717, 1.165) is 39.0 Å². The van der Waals surface area contributed by atoms with Gasteiger partial charge in [0.2, 0.25) is 0 Å². The Balaban J connectivity index is 2.03. The fraction of sp³-hybridized carbons (Fsp3) is 0.118. The molecule has 6 heteroatoms. The van der Waals surface area contributed by atoms with Crippen molar-refractivity contribution in [2.45, 2.75) is 6.92 Å². The predicted molar refractivity (Wildman–Crippen MR) is 87.2 cm³/mol. The smallest absolute Gasteiger partial charge is 0.163 e. The van der Waals surface area contributed by atoms with Gasteiger partial charge in [-0.1, -0.05) is 0 Å². The third-order valence-corrected chi connectivity index (χ3v) is 4.01. The second kappa shape index (κ2) is 4.85. The Bertz CT molecular complexity index is 1070. The average Bonchev–Trinajstić information content (AvgIpc) is 3.18. The summed E-state index contributed by atoms with van der Waals surface area (Å²) < 4.78 is 5.20. The van der Waals surface area contributed by atoms with Gasteiger partial charge in [0.1, 0.15) is 11.8 Å². The van der Waals surface area contributed by atoms with Gasteiger partial charge in [-0.3, -0.25) is 10.2 Å². The van der Waals surface area contributed by atoms with Crippen molar-refractivity contribution in [2.24, 2.45) is 0 Å². The summed E-state index contributed by atoms with van der Waals surface area (Å²) in [6.45, 7) is 1.94. The first-order valence-electron chi connectivity index (χ1n) is 7.13. The highest BCUT2D eigenvalue weighted by molar-refractivity contribution is 6.10. The first kappa shape index (κ1) is 13.3. The van der Waals surface area contributed by atoms with Gasteiger partial charge in [-0.05, 0) is 31.2 Å². The standard InChI is InChI=1S/C17H13N5O/c1-9-13-15(10-3-5-12(23-2)6-4-10)21-22-16(13)14-11(7-18)8-19-17(14)20-9/h3-6,8,21-22H,1-2H3. The molecule has 112 valence electrons. The zero-order chi connectivity index (χ0) is 16.0. The van der Waals surface area contributed by atoms with Crippen LogP contribution in [-0.2, 0) is 0 Å². The molecular formula is C17H13N5O. The normalized spacial score (nSPS) is 11.0. The number of pyridine rings is 1. The quantitative estimate of drug-likeness (QED) is 0.594. The molecule has 0 aliphatic heterocycles. The number of ether oxygens (including phenoxy) is 1. The molecule has 0 fully saturated rings. The van der Waals surface area contributed by atoms with Gasteiger partial charge in [0.15, 0.2) is 5.65 Å². The molecule has 0 unspecified atom stereocenters. The van der Waals surface area contributed by atoms with Crippen LogP contribution in [0.2, 0.25) is 0 Å². The van der Waals surface area contributed by atoms with Crippen LogP contribution < -0.4 is 4.74 Å². The lowest BCUT2D eigenvalue weighted by molar-refractivity contribution is 0.415. The van der Waals surface area contributed by atoms with E-state index in [1.165, 1.54) is 0 Å². The number of methoxy groups -OCH3 is 1. The second-order valence-corrected chi connectivity index (χ2v) is 5.28. The number of hydrogen-bond acceptors (Lipinski definition) is 4. The van der Waals surface area contributed by atoms with Crippen molar-refractivity contribution < 1.29 is 4.74 Å². The van der Waals surface area contributed by atoms with Gasteiger partial charge in [-0.2, -0.15) is 5.26 Å². The number of rotatable bonds is 2. The van der Waals surface area contributed by atoms with Crippen molar-refractivity contribution in [3.8, 4) is 23.1 Å². The number of benzene rings is 1. The van der Waals surface area contributed by atoms with E-state index >= 15 is 0 Å². The summed E-state index contributed by atoms with van der Waals surface area (Å²) >= 11 is 0. The monoisotopic (exact) mass is 303 g/mol. The number of nitriles is 1. The van der Waals surface area contributed by atoms with E-state index in [0.29, 0.717) is 11.2 Å². The number of nitrogens with zero attached hydrogens (tertiary/aromatic N) is 3. The van der Waals surface area contributed by atoms with Crippen molar-refractivity contribution in [2.75, 3.05) is 7.11 Å². The van der Waals surface area contributed by atoms with Crippen molar-refractivity contribution in [1.82, 2.24) is 20.2 Å². The van der Waals surface area contributed by atoms with Gasteiger partial charge in [0.05, 0.1) is 35.0 Å². The van der Waals surface area contributed by atoms with Gasteiger partial charge >= 0.3 is 0 Å². The number of fused-ring (bicyclic) bond motifs is 3. The highest BCUT2D eigenvalue weighted by Crippen LogP contribution is 2.34. The van der Waals surface area contributed by atoms with Crippen molar-refractivity contribution in [1.29, 1.82) is 5.26 Å². The lowest BCUT2D eigenvalue weighted by Crippen LogP contribution is -1.88. The van der Waals surface area contributed by atoms with Gasteiger partial charge in [0, 0.05) is 17.1 Å². The largest absolute Gasteiger partial charge is 0.497 e. The highest BCUT2D eigenvalue weighted by atomic mass is 16.5. The maximum Gasteiger partial charge on any atom is 0.163 e. The number of aryl methyl sites for hydroxylation is 1. The van der Waals surface area contributed by atoms with Crippen LogP contribution in [0.15, 0.2) is 30.5 Å². The molecule has 0 spiro atoms. The Morgan fingerprint density at radius 2 is 1.91 bits per heavy atom. The first-order valence-corrected chi connectivity index (χ1v) is 7.13. The number of hydrogen-bond donors (Lipinski definition) is 2. The van der Waals surface area contributed by atoms with E-state index in [1.54, 1.807) is 13.3 Å². The topological polar surface area (TPSA) is 90.4 Å². The van der Waals surface area contributed by atoms with E-state index in [4.69, 9.17) is 4.74 Å². The van der Waals surface area contributed by atoms with Gasteiger partial charge in [-0.25, -0.2) is 9.97 Å². The van der Waals surface area contributed by atoms with Crippen LogP contribution in [0.4, 0.5) is 0 Å². The summed E-state index contributed by atoms with van der Waals surface area (Å²) in [7, 11) is 1.64. The maximum atomic E-state index is 9.28. The molecule has 0 bridgehead atoms. The number of nitrogens with one attached hydrogen (secondary N) is 2. The summed E-state index contributed by atoms with van der Waals surface area (Å²) in [5.74, 6) is 0.804. The molecule has 1 aromatic carbocycles. The molecule has 4 rings (SSSR count). The van der Waals surface area contributed by atoms with Crippen molar-refractivity contribution in [3.63, 3.8) is 0 Å².